The Morgan fingerprint density at radius 2 is 1.81 bits per heavy atom. The first-order valence-corrected chi connectivity index (χ1v) is 11.8. The van der Waals surface area contributed by atoms with Gasteiger partial charge in [-0.15, -0.1) is 0 Å². The lowest BCUT2D eigenvalue weighted by Gasteiger charge is -2.28. The molecule has 3 N–H and O–H groups in total. The molecule has 3 aromatic rings. The summed E-state index contributed by atoms with van der Waals surface area (Å²) in [7, 11) is 0. The molecule has 3 aromatic carbocycles. The summed E-state index contributed by atoms with van der Waals surface area (Å²) in [6.07, 6.45) is 0.373. The van der Waals surface area contributed by atoms with Gasteiger partial charge in [-0.2, -0.15) is 5.26 Å². The maximum Gasteiger partial charge on any atom is 0.335 e. The van der Waals surface area contributed by atoms with Crippen LogP contribution in [0.1, 0.15) is 47.8 Å². The zero-order valence-corrected chi connectivity index (χ0v) is 20.7. The van der Waals surface area contributed by atoms with E-state index in [1.807, 2.05) is 32.9 Å². The van der Waals surface area contributed by atoms with E-state index in [0.29, 0.717) is 23.3 Å². The predicted octanol–water partition coefficient (Wildman–Crippen LogP) is 4.98. The summed E-state index contributed by atoms with van der Waals surface area (Å²) >= 11 is 0. The molecule has 1 atom stereocenters. The monoisotopic (exact) mass is 490 g/mol. The minimum Gasteiger partial charge on any atom is -0.489 e. The first-order chi connectivity index (χ1) is 17.1. The fraction of sp³-hybridized carbons (Fsp3) is 0.310. The number of aliphatic hydroxyl groups excluding tert-OH is 1. The van der Waals surface area contributed by atoms with Crippen LogP contribution in [0.25, 0.3) is 11.1 Å². The average molecular weight is 491 g/mol. The molecular weight excluding hydrogens is 459 g/mol. The van der Waals surface area contributed by atoms with E-state index in [4.69, 9.17) is 9.84 Å². The Hall–Kier alpha value is -3.73. The van der Waals surface area contributed by atoms with Gasteiger partial charge in [0.15, 0.2) is 0 Å². The zero-order valence-electron chi connectivity index (χ0n) is 20.7. The normalized spacial score (nSPS) is 12.1. The third-order valence-electron chi connectivity index (χ3n) is 5.97. The van der Waals surface area contributed by atoms with Crippen molar-refractivity contribution < 1.29 is 24.1 Å². The van der Waals surface area contributed by atoms with Crippen molar-refractivity contribution in [3.63, 3.8) is 0 Å². The Labute approximate surface area is 211 Å². The largest absolute Gasteiger partial charge is 0.489 e. The average Bonchev–Trinajstić information content (AvgIpc) is 2.87. The highest BCUT2D eigenvalue weighted by Crippen LogP contribution is 2.28. The second-order valence-corrected chi connectivity index (χ2v) is 9.39. The van der Waals surface area contributed by atoms with Crippen LogP contribution >= 0.6 is 0 Å². The van der Waals surface area contributed by atoms with Gasteiger partial charge in [0.1, 0.15) is 30.3 Å². The van der Waals surface area contributed by atoms with Crippen LogP contribution < -0.4 is 10.1 Å². The number of nitrogens with zero attached hydrogens (tertiary/aromatic N) is 1. The fourth-order valence-electron chi connectivity index (χ4n) is 3.85. The van der Waals surface area contributed by atoms with Crippen LogP contribution in [0.2, 0.25) is 0 Å². The number of β-amino-alcohol motifs (C(OH)–C–C–N with tert-alkyl or cyclic N) is 1. The molecule has 0 unspecified atom stereocenters. The molecule has 188 valence electrons. The summed E-state index contributed by atoms with van der Waals surface area (Å²) in [5.74, 6) is -0.904. The maximum atomic E-state index is 14.4. The number of aromatic carboxylic acids is 1. The van der Waals surface area contributed by atoms with E-state index >= 15 is 0 Å². The Morgan fingerprint density at radius 3 is 2.42 bits per heavy atom. The smallest absolute Gasteiger partial charge is 0.335 e. The van der Waals surface area contributed by atoms with E-state index in [9.17, 15) is 19.6 Å². The Kier molecular flexibility index (Phi) is 8.81. The third-order valence-corrected chi connectivity index (χ3v) is 5.97. The highest BCUT2D eigenvalue weighted by atomic mass is 19.1. The summed E-state index contributed by atoms with van der Waals surface area (Å²) in [6, 6.07) is 18.9. The molecule has 0 heterocycles. The number of ether oxygens (including phenoxy) is 1. The van der Waals surface area contributed by atoms with Crippen molar-refractivity contribution in [3.8, 4) is 22.9 Å². The van der Waals surface area contributed by atoms with Gasteiger partial charge in [-0.1, -0.05) is 37.3 Å². The number of nitrogens with one attached hydrogen (secondary N) is 1. The highest BCUT2D eigenvalue weighted by molar-refractivity contribution is 5.88. The molecule has 0 amide bonds. The molecule has 0 aliphatic rings. The highest BCUT2D eigenvalue weighted by Gasteiger charge is 2.21. The molecule has 36 heavy (non-hydrogen) atoms. The SMILES string of the molecule is CCc1ccc(CC(C)(C)NC[C@H](O)COc2cc(-c3ccc(C(=O)O)cc3)ccc2C#N)c(F)c1. The molecule has 7 heteroatoms. The molecule has 0 aliphatic carbocycles. The number of hydrogen-bond donors (Lipinski definition) is 3. The van der Waals surface area contributed by atoms with Crippen LogP contribution in [0, 0.1) is 17.1 Å². The number of rotatable bonds is 11. The summed E-state index contributed by atoms with van der Waals surface area (Å²) in [5.41, 5.74) is 3.14. The molecule has 0 saturated carbocycles. The van der Waals surface area contributed by atoms with E-state index in [2.05, 4.69) is 11.4 Å². The van der Waals surface area contributed by atoms with Gasteiger partial charge in [-0.3, -0.25) is 0 Å². The number of nitriles is 1. The zero-order chi connectivity index (χ0) is 26.3. The van der Waals surface area contributed by atoms with E-state index in [-0.39, 0.29) is 24.5 Å². The van der Waals surface area contributed by atoms with Gasteiger partial charge in [-0.25, -0.2) is 9.18 Å². The Morgan fingerprint density at radius 1 is 1.11 bits per heavy atom. The van der Waals surface area contributed by atoms with Crippen molar-refractivity contribution in [2.24, 2.45) is 0 Å². The number of aliphatic hydroxyl groups is 1. The lowest BCUT2D eigenvalue weighted by atomic mass is 9.93. The van der Waals surface area contributed by atoms with E-state index in [1.165, 1.54) is 12.1 Å². The van der Waals surface area contributed by atoms with Crippen LogP contribution in [-0.2, 0) is 12.8 Å². The predicted molar refractivity (Wildman–Crippen MR) is 137 cm³/mol. The van der Waals surface area contributed by atoms with Gasteiger partial charge < -0.3 is 20.3 Å². The van der Waals surface area contributed by atoms with Crippen LogP contribution in [-0.4, -0.2) is 41.0 Å². The number of carboxylic acid groups (broad SMARTS) is 1. The molecule has 0 radical (unpaired) electrons. The molecule has 0 saturated heterocycles. The van der Waals surface area contributed by atoms with E-state index < -0.39 is 17.6 Å². The second-order valence-electron chi connectivity index (χ2n) is 9.39. The molecule has 0 aromatic heterocycles. The van der Waals surface area contributed by atoms with Crippen LogP contribution in [0.4, 0.5) is 4.39 Å². The summed E-state index contributed by atoms with van der Waals surface area (Å²) in [5, 5.41) is 32.3. The van der Waals surface area contributed by atoms with Crippen molar-refractivity contribution in [2.45, 2.75) is 45.3 Å². The van der Waals surface area contributed by atoms with Gasteiger partial charge in [0, 0.05) is 12.1 Å². The number of hydrogen-bond acceptors (Lipinski definition) is 5. The topological polar surface area (TPSA) is 103 Å². The number of carbonyl (C=O) groups is 1. The van der Waals surface area contributed by atoms with E-state index in [1.54, 1.807) is 36.4 Å². The standard InChI is InChI=1S/C29H31FN2O4/c1-4-19-5-6-23(26(30)13-19)15-29(2,3)32-17-25(33)18-36-27-14-22(11-12-24(27)16-31)20-7-9-21(10-8-20)28(34)35/h5-14,25,32-33H,4,15,17-18H2,1-3H3,(H,34,35)/t25-/m0/s1. The van der Waals surface area contributed by atoms with Gasteiger partial charge in [0.05, 0.1) is 11.1 Å². The minimum absolute atomic E-state index is 0.0429. The molecule has 6 nitrogen and oxygen atoms in total. The van der Waals surface area contributed by atoms with Crippen molar-refractivity contribution >= 4 is 5.97 Å². The van der Waals surface area contributed by atoms with Crippen LogP contribution in [0.15, 0.2) is 60.7 Å². The maximum absolute atomic E-state index is 14.4. The van der Waals surface area contributed by atoms with Crippen molar-refractivity contribution in [2.75, 3.05) is 13.2 Å². The molecular formula is C29H31FN2O4. The van der Waals surface area contributed by atoms with E-state index in [0.717, 1.165) is 23.1 Å². The van der Waals surface area contributed by atoms with Crippen LogP contribution in [0.5, 0.6) is 5.75 Å². The molecule has 0 aliphatic heterocycles. The van der Waals surface area contributed by atoms with Gasteiger partial charge >= 0.3 is 5.97 Å². The third kappa shape index (κ3) is 7.14. The molecule has 3 rings (SSSR count). The molecule has 0 spiro atoms. The summed E-state index contributed by atoms with van der Waals surface area (Å²) in [4.78, 5) is 11.1. The first kappa shape index (κ1) is 26.9. The van der Waals surface area contributed by atoms with Gasteiger partial charge in [0.2, 0.25) is 0 Å². The summed E-state index contributed by atoms with van der Waals surface area (Å²) < 4.78 is 20.2. The summed E-state index contributed by atoms with van der Waals surface area (Å²) in [6.45, 7) is 6.05. The number of benzene rings is 3. The number of carboxylic acids is 1. The Bertz CT molecular complexity index is 1250. The number of aryl methyl sites for hydroxylation is 1. The number of halogens is 1. The quantitative estimate of drug-likeness (QED) is 0.351. The van der Waals surface area contributed by atoms with Crippen molar-refractivity contribution in [1.29, 1.82) is 5.26 Å². The van der Waals surface area contributed by atoms with Gasteiger partial charge in [0.25, 0.3) is 0 Å². The molecule has 0 bridgehead atoms. The fourth-order valence-corrected chi connectivity index (χ4v) is 3.85. The molecule has 0 fully saturated rings. The lowest BCUT2D eigenvalue weighted by Crippen LogP contribution is -2.46. The lowest BCUT2D eigenvalue weighted by molar-refractivity contribution is 0.0697. The first-order valence-electron chi connectivity index (χ1n) is 11.8. The second kappa shape index (κ2) is 11.8. The van der Waals surface area contributed by atoms with Crippen LogP contribution in [0.3, 0.4) is 0 Å². The van der Waals surface area contributed by atoms with Crippen molar-refractivity contribution in [3.05, 3.63) is 88.7 Å². The van der Waals surface area contributed by atoms with Gasteiger partial charge in [-0.05, 0) is 79.3 Å². The Balaban J connectivity index is 1.60. The van der Waals surface area contributed by atoms with Crippen molar-refractivity contribution in [1.82, 2.24) is 5.32 Å². The minimum atomic E-state index is -1.00.